The largest absolute Gasteiger partial charge is 0.468 e. The van der Waals surface area contributed by atoms with Crippen LogP contribution in [0.15, 0.2) is 36.4 Å². The number of carbonyl (C=O) groups is 1. The minimum Gasteiger partial charge on any atom is -0.468 e. The Hall–Kier alpha value is -2.23. The Morgan fingerprint density at radius 3 is 2.56 bits per heavy atom. The van der Waals surface area contributed by atoms with E-state index in [9.17, 15) is 4.79 Å². The van der Waals surface area contributed by atoms with Crippen molar-refractivity contribution in [3.05, 3.63) is 53.2 Å². The SMILES string of the molecule is Cc1cc(OCC(=O)c2ccccc2)nnc1C. The predicted molar refractivity (Wildman–Crippen MR) is 67.8 cm³/mol. The van der Waals surface area contributed by atoms with Crippen LogP contribution < -0.4 is 4.74 Å². The fourth-order valence-electron chi connectivity index (χ4n) is 1.44. The third kappa shape index (κ3) is 2.91. The van der Waals surface area contributed by atoms with E-state index in [0.717, 1.165) is 11.3 Å². The molecule has 0 fully saturated rings. The van der Waals surface area contributed by atoms with Gasteiger partial charge < -0.3 is 4.74 Å². The van der Waals surface area contributed by atoms with Crippen molar-refractivity contribution in [1.82, 2.24) is 10.2 Å². The molecular formula is C14H14N2O2. The molecule has 1 aromatic heterocycles. The average molecular weight is 242 g/mol. The Labute approximate surface area is 106 Å². The number of ether oxygens (including phenoxy) is 1. The molecular weight excluding hydrogens is 228 g/mol. The van der Waals surface area contributed by atoms with Gasteiger partial charge in [0.25, 0.3) is 0 Å². The van der Waals surface area contributed by atoms with Crippen molar-refractivity contribution in [2.75, 3.05) is 6.61 Å². The fraction of sp³-hybridized carbons (Fsp3) is 0.214. The van der Waals surface area contributed by atoms with Crippen LogP contribution in [0.5, 0.6) is 5.88 Å². The molecule has 1 heterocycles. The minimum absolute atomic E-state index is 0.0266. The topological polar surface area (TPSA) is 52.1 Å². The van der Waals surface area contributed by atoms with Gasteiger partial charge in [-0.15, -0.1) is 5.10 Å². The van der Waals surface area contributed by atoms with Gasteiger partial charge in [-0.05, 0) is 19.4 Å². The van der Waals surface area contributed by atoms with Crippen molar-refractivity contribution >= 4 is 5.78 Å². The molecule has 0 aliphatic heterocycles. The van der Waals surface area contributed by atoms with Gasteiger partial charge in [-0.25, -0.2) is 0 Å². The van der Waals surface area contributed by atoms with Gasteiger partial charge >= 0.3 is 0 Å². The van der Waals surface area contributed by atoms with E-state index in [1.807, 2.05) is 32.0 Å². The Kier molecular flexibility index (Phi) is 3.67. The lowest BCUT2D eigenvalue weighted by Crippen LogP contribution is -2.12. The summed E-state index contributed by atoms with van der Waals surface area (Å²) in [7, 11) is 0. The number of hydrogen-bond acceptors (Lipinski definition) is 4. The minimum atomic E-state index is -0.0735. The van der Waals surface area contributed by atoms with Crippen LogP contribution in [0.25, 0.3) is 0 Å². The molecule has 4 heteroatoms. The number of aryl methyl sites for hydroxylation is 2. The van der Waals surface area contributed by atoms with Gasteiger partial charge in [0.15, 0.2) is 12.4 Å². The zero-order valence-electron chi connectivity index (χ0n) is 10.4. The second-order valence-corrected chi connectivity index (χ2v) is 4.03. The smallest absolute Gasteiger partial charge is 0.234 e. The maximum absolute atomic E-state index is 11.8. The predicted octanol–water partition coefficient (Wildman–Crippen LogP) is 2.36. The monoisotopic (exact) mass is 242 g/mol. The van der Waals surface area contributed by atoms with Gasteiger partial charge in [-0.1, -0.05) is 30.3 Å². The number of rotatable bonds is 4. The normalized spacial score (nSPS) is 10.1. The molecule has 1 aromatic carbocycles. The Bertz CT molecular complexity index is 553. The summed E-state index contributed by atoms with van der Waals surface area (Å²) in [5.74, 6) is 0.304. The van der Waals surface area contributed by atoms with Crippen molar-refractivity contribution in [2.45, 2.75) is 13.8 Å². The summed E-state index contributed by atoms with van der Waals surface area (Å²) in [5, 5.41) is 7.82. The number of hydrogen-bond donors (Lipinski definition) is 0. The summed E-state index contributed by atoms with van der Waals surface area (Å²) in [6.07, 6.45) is 0. The first-order valence-corrected chi connectivity index (χ1v) is 5.69. The molecule has 18 heavy (non-hydrogen) atoms. The number of aromatic nitrogens is 2. The van der Waals surface area contributed by atoms with Gasteiger partial charge in [0, 0.05) is 11.6 Å². The molecule has 4 nitrogen and oxygen atoms in total. The van der Waals surface area contributed by atoms with Crippen LogP contribution in [-0.2, 0) is 0 Å². The van der Waals surface area contributed by atoms with Gasteiger partial charge in [-0.2, -0.15) is 5.10 Å². The molecule has 0 atom stereocenters. The van der Waals surface area contributed by atoms with E-state index in [-0.39, 0.29) is 12.4 Å². The summed E-state index contributed by atoms with van der Waals surface area (Å²) in [6, 6.07) is 10.8. The van der Waals surface area contributed by atoms with E-state index in [4.69, 9.17) is 4.74 Å². The van der Waals surface area contributed by atoms with Gasteiger partial charge in [0.05, 0.1) is 5.69 Å². The number of Topliss-reactive ketones (excluding diaryl/α,β-unsaturated/α-hetero) is 1. The van der Waals surface area contributed by atoms with Crippen LogP contribution >= 0.6 is 0 Å². The second kappa shape index (κ2) is 5.40. The molecule has 0 bridgehead atoms. The zero-order valence-corrected chi connectivity index (χ0v) is 10.4. The molecule has 0 radical (unpaired) electrons. The quantitative estimate of drug-likeness (QED) is 0.772. The zero-order chi connectivity index (χ0) is 13.0. The van der Waals surface area contributed by atoms with Crippen LogP contribution in [0.3, 0.4) is 0 Å². The van der Waals surface area contributed by atoms with Crippen LogP contribution in [0, 0.1) is 13.8 Å². The summed E-state index contributed by atoms with van der Waals surface area (Å²) in [6.45, 7) is 3.78. The summed E-state index contributed by atoms with van der Waals surface area (Å²) < 4.78 is 5.33. The van der Waals surface area contributed by atoms with Crippen molar-refractivity contribution < 1.29 is 9.53 Å². The van der Waals surface area contributed by atoms with E-state index < -0.39 is 0 Å². The van der Waals surface area contributed by atoms with Gasteiger partial charge in [0.2, 0.25) is 5.88 Å². The first-order chi connectivity index (χ1) is 8.66. The molecule has 0 saturated carbocycles. The Balaban J connectivity index is 1.99. The highest BCUT2D eigenvalue weighted by Crippen LogP contribution is 2.10. The first kappa shape index (κ1) is 12.2. The third-order valence-electron chi connectivity index (χ3n) is 2.66. The van der Waals surface area contributed by atoms with Crippen LogP contribution in [0.4, 0.5) is 0 Å². The van der Waals surface area contributed by atoms with Gasteiger partial charge in [0.1, 0.15) is 0 Å². The summed E-state index contributed by atoms with van der Waals surface area (Å²) >= 11 is 0. The maximum atomic E-state index is 11.8. The highest BCUT2D eigenvalue weighted by molar-refractivity contribution is 5.97. The van der Waals surface area contributed by atoms with E-state index in [0.29, 0.717) is 11.4 Å². The van der Waals surface area contributed by atoms with E-state index in [2.05, 4.69) is 10.2 Å². The molecule has 2 aromatic rings. The fourth-order valence-corrected chi connectivity index (χ4v) is 1.44. The van der Waals surface area contributed by atoms with E-state index in [1.165, 1.54) is 0 Å². The van der Waals surface area contributed by atoms with Crippen LogP contribution in [-0.4, -0.2) is 22.6 Å². The molecule has 0 aliphatic rings. The lowest BCUT2D eigenvalue weighted by molar-refractivity contribution is 0.0917. The number of carbonyl (C=O) groups excluding carboxylic acids is 1. The molecule has 0 N–H and O–H groups in total. The molecule has 0 amide bonds. The standard InChI is InChI=1S/C14H14N2O2/c1-10-8-14(16-15-11(10)2)18-9-13(17)12-6-4-3-5-7-12/h3-8H,9H2,1-2H3. The third-order valence-corrected chi connectivity index (χ3v) is 2.66. The number of benzene rings is 1. The number of nitrogens with zero attached hydrogens (tertiary/aromatic N) is 2. The van der Waals surface area contributed by atoms with Crippen molar-refractivity contribution in [3.8, 4) is 5.88 Å². The lowest BCUT2D eigenvalue weighted by Gasteiger charge is -2.05. The van der Waals surface area contributed by atoms with Crippen molar-refractivity contribution in [1.29, 1.82) is 0 Å². The van der Waals surface area contributed by atoms with E-state index in [1.54, 1.807) is 18.2 Å². The second-order valence-electron chi connectivity index (χ2n) is 4.03. The molecule has 0 spiro atoms. The van der Waals surface area contributed by atoms with Crippen LogP contribution in [0.2, 0.25) is 0 Å². The Morgan fingerprint density at radius 1 is 1.17 bits per heavy atom. The highest BCUT2D eigenvalue weighted by Gasteiger charge is 2.07. The molecule has 92 valence electrons. The summed E-state index contributed by atoms with van der Waals surface area (Å²) in [5.41, 5.74) is 2.48. The average Bonchev–Trinajstić information content (AvgIpc) is 2.41. The first-order valence-electron chi connectivity index (χ1n) is 5.69. The van der Waals surface area contributed by atoms with Gasteiger partial charge in [-0.3, -0.25) is 4.79 Å². The molecule has 0 unspecified atom stereocenters. The molecule has 0 aliphatic carbocycles. The molecule has 0 saturated heterocycles. The number of ketones is 1. The Morgan fingerprint density at radius 2 is 1.89 bits per heavy atom. The summed E-state index contributed by atoms with van der Waals surface area (Å²) in [4.78, 5) is 11.8. The van der Waals surface area contributed by atoms with Crippen molar-refractivity contribution in [2.24, 2.45) is 0 Å². The molecule has 2 rings (SSSR count). The van der Waals surface area contributed by atoms with E-state index >= 15 is 0 Å². The maximum Gasteiger partial charge on any atom is 0.234 e. The van der Waals surface area contributed by atoms with Crippen LogP contribution in [0.1, 0.15) is 21.6 Å². The lowest BCUT2D eigenvalue weighted by atomic mass is 10.1. The van der Waals surface area contributed by atoms with Crippen molar-refractivity contribution in [3.63, 3.8) is 0 Å². The highest BCUT2D eigenvalue weighted by atomic mass is 16.5.